The van der Waals surface area contributed by atoms with E-state index in [1.54, 1.807) is 0 Å². The molecule has 2 heterocycles. The van der Waals surface area contributed by atoms with Crippen LogP contribution < -0.4 is 10.6 Å². The highest BCUT2D eigenvalue weighted by molar-refractivity contribution is 5.91. The van der Waals surface area contributed by atoms with E-state index in [0.29, 0.717) is 25.4 Å². The monoisotopic (exact) mass is 560 g/mol. The highest BCUT2D eigenvalue weighted by atomic mass is 16.7. The van der Waals surface area contributed by atoms with Crippen LogP contribution in [-0.2, 0) is 25.4 Å². The number of carbonyl (C=O) groups excluding carboxylic acids is 1. The van der Waals surface area contributed by atoms with Crippen molar-refractivity contribution in [3.63, 3.8) is 0 Å². The van der Waals surface area contributed by atoms with E-state index in [2.05, 4.69) is 52.0 Å². The van der Waals surface area contributed by atoms with Crippen LogP contribution in [0.5, 0.6) is 0 Å². The van der Waals surface area contributed by atoms with Crippen LogP contribution in [0.15, 0.2) is 72.6 Å². The van der Waals surface area contributed by atoms with Crippen molar-refractivity contribution in [2.24, 2.45) is 0 Å². The number of hydrogen-bond acceptors (Lipinski definition) is 9. The van der Waals surface area contributed by atoms with E-state index in [4.69, 9.17) is 19.3 Å². The fraction of sp³-hybridized carbons (Fsp3) is 0.333. The number of carbonyl (C=O) groups is 1. The van der Waals surface area contributed by atoms with Crippen LogP contribution in [0.4, 0.5) is 11.5 Å². The topological polar surface area (TPSA) is 145 Å². The maximum Gasteiger partial charge on any atom is 0.287 e. The molecule has 11 heteroatoms. The van der Waals surface area contributed by atoms with Crippen molar-refractivity contribution in [2.45, 2.75) is 25.0 Å². The highest BCUT2D eigenvalue weighted by Gasteiger charge is 2.31. The smallest absolute Gasteiger partial charge is 0.287 e. The summed E-state index contributed by atoms with van der Waals surface area (Å²) < 4.78 is 17.2. The quantitative estimate of drug-likeness (QED) is 0.127. The Balaban J connectivity index is 1.26. The lowest BCUT2D eigenvalue weighted by atomic mass is 9.87. The minimum Gasteiger partial charge on any atom is -0.459 e. The zero-order valence-electron chi connectivity index (χ0n) is 22.5. The summed E-state index contributed by atoms with van der Waals surface area (Å²) in [6.07, 6.45) is 3.76. The molecule has 5 rings (SSSR count). The van der Waals surface area contributed by atoms with Gasteiger partial charge in [0.25, 0.3) is 11.6 Å². The molecular formula is C30H32N4O7. The number of fused-ring (bicyclic) bond motifs is 3. The van der Waals surface area contributed by atoms with Gasteiger partial charge in [-0.25, -0.2) is 4.98 Å². The molecule has 214 valence electrons. The van der Waals surface area contributed by atoms with Crippen LogP contribution in [0.1, 0.15) is 29.0 Å². The van der Waals surface area contributed by atoms with Crippen molar-refractivity contribution in [3.8, 4) is 11.1 Å². The van der Waals surface area contributed by atoms with E-state index in [9.17, 15) is 14.9 Å². The number of aliphatic hydroxyl groups is 1. The summed E-state index contributed by atoms with van der Waals surface area (Å²) in [6.45, 7) is 1.36. The molecule has 2 aromatic carbocycles. The molecule has 0 saturated carbocycles. The number of anilines is 1. The lowest BCUT2D eigenvalue weighted by Gasteiger charge is -2.30. The van der Waals surface area contributed by atoms with E-state index >= 15 is 0 Å². The second-order valence-electron chi connectivity index (χ2n) is 9.68. The van der Waals surface area contributed by atoms with Crippen LogP contribution in [0.2, 0.25) is 0 Å². The Hall–Kier alpha value is -4.32. The number of pyridine rings is 1. The maximum absolute atomic E-state index is 13.1. The molecule has 1 aromatic heterocycles. The Morgan fingerprint density at radius 1 is 1.07 bits per heavy atom. The van der Waals surface area contributed by atoms with Gasteiger partial charge in [-0.05, 0) is 46.4 Å². The summed E-state index contributed by atoms with van der Waals surface area (Å²) in [4.78, 5) is 27.4. The van der Waals surface area contributed by atoms with Gasteiger partial charge in [-0.2, -0.15) is 0 Å². The summed E-state index contributed by atoms with van der Waals surface area (Å²) in [7, 11) is 0. The fourth-order valence-corrected chi connectivity index (χ4v) is 5.12. The molecule has 0 spiro atoms. The summed E-state index contributed by atoms with van der Waals surface area (Å²) in [5, 5.41) is 25.6. The molecule has 0 radical (unpaired) electrons. The normalized spacial score (nSPS) is 17.1. The number of ether oxygens (including phenoxy) is 3. The summed E-state index contributed by atoms with van der Waals surface area (Å²) in [6, 6.07) is 17.6. The van der Waals surface area contributed by atoms with Crippen LogP contribution in [0.3, 0.4) is 0 Å². The Morgan fingerprint density at radius 3 is 2.73 bits per heavy atom. The number of rotatable bonds is 13. The number of nitrogens with zero attached hydrogens (tertiary/aromatic N) is 2. The Bertz CT molecular complexity index is 1410. The van der Waals surface area contributed by atoms with E-state index in [1.807, 2.05) is 12.1 Å². The van der Waals surface area contributed by atoms with E-state index < -0.39 is 11.2 Å². The lowest BCUT2D eigenvalue weighted by molar-refractivity contribution is -0.385. The number of aliphatic hydroxyl groups excluding tert-OH is 1. The van der Waals surface area contributed by atoms with Gasteiger partial charge in [-0.15, -0.1) is 0 Å². The number of amides is 1. The number of allylic oxidation sites excluding steroid dienone is 1. The Kier molecular flexibility index (Phi) is 9.19. The summed E-state index contributed by atoms with van der Waals surface area (Å²) >= 11 is 0. The van der Waals surface area contributed by atoms with Crippen LogP contribution in [0, 0.1) is 10.1 Å². The van der Waals surface area contributed by atoms with Gasteiger partial charge in [-0.3, -0.25) is 14.9 Å². The number of benzene rings is 2. The minimum atomic E-state index is -0.648. The molecule has 2 aliphatic rings. The average molecular weight is 561 g/mol. The first-order valence-electron chi connectivity index (χ1n) is 13.5. The zero-order valence-corrected chi connectivity index (χ0v) is 22.5. The number of nitrogens with one attached hydrogen (secondary N) is 2. The molecule has 41 heavy (non-hydrogen) atoms. The maximum atomic E-state index is 13.1. The molecule has 3 aromatic rings. The molecule has 0 unspecified atom stereocenters. The van der Waals surface area contributed by atoms with Crippen molar-refractivity contribution >= 4 is 17.4 Å². The predicted octanol–water partition coefficient (Wildman–Crippen LogP) is 3.53. The first-order valence-corrected chi connectivity index (χ1v) is 13.5. The molecule has 0 fully saturated rings. The SMILES string of the molecule is O=C(NCCNc1ccc([N+](=O)[O-])cn1)C1=C[C@H](c2cccc3c2Cc2ccccc2-3)C[C@H](OCCOCCO)O1. The molecule has 1 amide bonds. The molecule has 0 saturated heterocycles. The van der Waals surface area contributed by atoms with Crippen LogP contribution in [0.25, 0.3) is 11.1 Å². The van der Waals surface area contributed by atoms with Gasteiger partial charge >= 0.3 is 0 Å². The molecule has 0 bridgehead atoms. The number of nitro groups is 1. The van der Waals surface area contributed by atoms with Crippen molar-refractivity contribution < 1.29 is 29.0 Å². The van der Waals surface area contributed by atoms with Gasteiger partial charge in [0, 0.05) is 31.5 Å². The van der Waals surface area contributed by atoms with Gasteiger partial charge in [0.1, 0.15) is 12.0 Å². The first-order chi connectivity index (χ1) is 20.0. The first kappa shape index (κ1) is 28.2. The fourth-order valence-electron chi connectivity index (χ4n) is 5.12. The van der Waals surface area contributed by atoms with Crippen molar-refractivity contribution in [2.75, 3.05) is 44.8 Å². The van der Waals surface area contributed by atoms with Crippen molar-refractivity contribution in [1.82, 2.24) is 10.3 Å². The largest absolute Gasteiger partial charge is 0.459 e. The van der Waals surface area contributed by atoms with Gasteiger partial charge in [0.15, 0.2) is 5.76 Å². The number of aromatic nitrogens is 1. The summed E-state index contributed by atoms with van der Waals surface area (Å²) in [5.41, 5.74) is 6.04. The molecule has 1 aliphatic heterocycles. The van der Waals surface area contributed by atoms with Gasteiger partial charge in [0.05, 0.1) is 31.4 Å². The third-order valence-corrected chi connectivity index (χ3v) is 7.01. The average Bonchev–Trinajstić information content (AvgIpc) is 3.38. The Labute approximate surface area is 237 Å². The van der Waals surface area contributed by atoms with Crippen LogP contribution in [-0.4, -0.2) is 66.7 Å². The predicted molar refractivity (Wildman–Crippen MR) is 151 cm³/mol. The van der Waals surface area contributed by atoms with Crippen molar-refractivity contribution in [1.29, 1.82) is 0 Å². The summed E-state index contributed by atoms with van der Waals surface area (Å²) in [5.74, 6) is 0.187. The van der Waals surface area contributed by atoms with Gasteiger partial charge in [0.2, 0.25) is 6.29 Å². The van der Waals surface area contributed by atoms with Crippen molar-refractivity contribution in [3.05, 3.63) is 99.4 Å². The molecular weight excluding hydrogens is 528 g/mol. The zero-order chi connectivity index (χ0) is 28.6. The minimum absolute atomic E-state index is 0.0638. The number of hydrogen-bond donors (Lipinski definition) is 3. The molecule has 11 nitrogen and oxygen atoms in total. The Morgan fingerprint density at radius 2 is 1.93 bits per heavy atom. The van der Waals surface area contributed by atoms with E-state index in [1.165, 1.54) is 40.6 Å². The molecule has 2 atom stereocenters. The molecule has 3 N–H and O–H groups in total. The molecule has 1 aliphatic carbocycles. The highest BCUT2D eigenvalue weighted by Crippen LogP contribution is 2.42. The third kappa shape index (κ3) is 6.88. The second-order valence-corrected chi connectivity index (χ2v) is 9.68. The standard InChI is InChI=1S/C30H32N4O7/c35-12-13-39-14-15-40-29-18-21(24-6-3-7-25-23-5-2-1-4-20(23)16-26(24)25)17-27(41-29)30(36)32-11-10-31-28-9-8-22(19-33-28)34(37)38/h1-9,17,19,21,29,35H,10-16,18H2,(H,31,33)(H,32,36)/t21-,29+/m0/s1. The van der Waals surface area contributed by atoms with Gasteiger partial charge < -0.3 is 30.0 Å². The van der Waals surface area contributed by atoms with E-state index in [-0.39, 0.29) is 49.6 Å². The van der Waals surface area contributed by atoms with E-state index in [0.717, 1.165) is 12.0 Å². The van der Waals surface area contributed by atoms with Crippen LogP contribution >= 0.6 is 0 Å². The third-order valence-electron chi connectivity index (χ3n) is 7.01. The second kappa shape index (κ2) is 13.4. The lowest BCUT2D eigenvalue weighted by Crippen LogP contribution is -2.35. The van der Waals surface area contributed by atoms with Gasteiger partial charge in [-0.1, -0.05) is 42.5 Å².